The molecule has 0 bridgehead atoms. The van der Waals surface area contributed by atoms with Gasteiger partial charge >= 0.3 is 5.97 Å². The van der Waals surface area contributed by atoms with E-state index >= 15 is 0 Å². The lowest BCUT2D eigenvalue weighted by Gasteiger charge is -2.36. The Bertz CT molecular complexity index is 1250. The van der Waals surface area contributed by atoms with Crippen molar-refractivity contribution in [3.05, 3.63) is 60.2 Å². The number of cyclic esters (lactones) is 1. The number of aliphatic hydroxyl groups is 1. The first-order valence-corrected chi connectivity index (χ1v) is 15.5. The first-order chi connectivity index (χ1) is 20.8. The van der Waals surface area contributed by atoms with Crippen molar-refractivity contribution in [2.24, 2.45) is 11.8 Å². The number of nitrogens with one attached hydrogen (secondary N) is 1. The molecule has 0 saturated carbocycles. The van der Waals surface area contributed by atoms with Crippen molar-refractivity contribution in [1.82, 2.24) is 15.1 Å². The van der Waals surface area contributed by atoms with Gasteiger partial charge in [0.05, 0.1) is 18.6 Å². The van der Waals surface area contributed by atoms with Crippen LogP contribution in [0.15, 0.2) is 54.6 Å². The highest BCUT2D eigenvalue weighted by Gasteiger charge is 2.71. The molecular weight excluding hydrogens is 550 g/mol. The number of ether oxygens (including phenoxy) is 2. The summed E-state index contributed by atoms with van der Waals surface area (Å²) in [7, 11) is 0. The van der Waals surface area contributed by atoms with E-state index in [1.807, 2.05) is 56.3 Å². The summed E-state index contributed by atoms with van der Waals surface area (Å²) < 4.78 is 12.8. The van der Waals surface area contributed by atoms with E-state index in [0.717, 1.165) is 18.4 Å². The molecule has 0 aromatic heterocycles. The monoisotopic (exact) mass is 593 g/mol. The zero-order chi connectivity index (χ0) is 30.6. The molecule has 43 heavy (non-hydrogen) atoms. The third-order valence-electron chi connectivity index (χ3n) is 9.01. The van der Waals surface area contributed by atoms with Crippen LogP contribution in [0, 0.1) is 11.8 Å². The fraction of sp³-hybridized carbons (Fsp3) is 0.576. The van der Waals surface area contributed by atoms with Crippen molar-refractivity contribution in [2.75, 3.05) is 26.2 Å². The number of esters is 1. The Labute approximate surface area is 253 Å². The SMILES string of the molecule is CC(C)N1CC=C[C@@]23O[C@H]4/C=C\CCC(=O)NC[C@H](c5ccccc5)OC(=O)[C@H]4[C@@H]2C(=O)N(CCCCCCO)[C@H]3C1=O. The molecule has 2 saturated heterocycles. The maximum absolute atomic E-state index is 14.4. The van der Waals surface area contributed by atoms with E-state index < -0.39 is 41.7 Å². The Kier molecular flexibility index (Phi) is 9.66. The van der Waals surface area contributed by atoms with Gasteiger partial charge in [0.2, 0.25) is 17.7 Å². The number of hydrogen-bond donors (Lipinski definition) is 2. The first kappa shape index (κ1) is 30.9. The lowest BCUT2D eigenvalue weighted by Crippen LogP contribution is -2.56. The second kappa shape index (κ2) is 13.4. The maximum atomic E-state index is 14.4. The number of hydrogen-bond acceptors (Lipinski definition) is 7. The predicted molar refractivity (Wildman–Crippen MR) is 158 cm³/mol. The van der Waals surface area contributed by atoms with Gasteiger partial charge in [0.1, 0.15) is 23.7 Å². The number of unbranched alkanes of at least 4 members (excludes halogenated alkanes) is 3. The smallest absolute Gasteiger partial charge is 0.313 e. The van der Waals surface area contributed by atoms with E-state index in [9.17, 15) is 24.3 Å². The molecule has 10 nitrogen and oxygen atoms in total. The fourth-order valence-electron chi connectivity index (χ4n) is 6.88. The molecule has 5 rings (SSSR count). The molecule has 6 atom stereocenters. The zero-order valence-electron chi connectivity index (χ0n) is 25.0. The Balaban J connectivity index is 1.53. The Morgan fingerprint density at radius 3 is 2.53 bits per heavy atom. The van der Waals surface area contributed by atoms with Crippen LogP contribution in [0.5, 0.6) is 0 Å². The third-order valence-corrected chi connectivity index (χ3v) is 9.01. The molecule has 4 aliphatic heterocycles. The highest BCUT2D eigenvalue weighted by Crippen LogP contribution is 2.53. The summed E-state index contributed by atoms with van der Waals surface area (Å²) in [6, 6.07) is 8.20. The number of nitrogens with zero attached hydrogens (tertiary/aromatic N) is 2. The minimum absolute atomic E-state index is 0.0935. The molecule has 10 heteroatoms. The van der Waals surface area contributed by atoms with Gasteiger partial charge in [0.15, 0.2) is 0 Å². The normalized spacial score (nSPS) is 31.9. The number of carbonyl (C=O) groups is 4. The lowest BCUT2D eigenvalue weighted by atomic mass is 9.77. The van der Waals surface area contributed by atoms with Crippen molar-refractivity contribution < 1.29 is 33.8 Å². The summed E-state index contributed by atoms with van der Waals surface area (Å²) in [6.45, 7) is 4.83. The number of allylic oxidation sites excluding steroid dienone is 1. The minimum atomic E-state index is -1.34. The van der Waals surface area contributed by atoms with Gasteiger partial charge in [-0.15, -0.1) is 0 Å². The van der Waals surface area contributed by atoms with Gasteiger partial charge in [0, 0.05) is 32.2 Å². The van der Waals surface area contributed by atoms with Crippen molar-refractivity contribution in [3.63, 3.8) is 0 Å². The van der Waals surface area contributed by atoms with Crippen LogP contribution >= 0.6 is 0 Å². The molecule has 3 amide bonds. The second-order valence-corrected chi connectivity index (χ2v) is 12.1. The van der Waals surface area contributed by atoms with Gasteiger partial charge in [-0.25, -0.2) is 0 Å². The fourth-order valence-corrected chi connectivity index (χ4v) is 6.88. The number of rotatable bonds is 8. The molecule has 2 N–H and O–H groups in total. The average Bonchev–Trinajstić information content (AvgIpc) is 3.37. The van der Waals surface area contributed by atoms with E-state index in [0.29, 0.717) is 32.4 Å². The van der Waals surface area contributed by atoms with E-state index in [4.69, 9.17) is 9.47 Å². The first-order valence-electron chi connectivity index (χ1n) is 15.5. The van der Waals surface area contributed by atoms with Crippen LogP contribution in [0.25, 0.3) is 0 Å². The Morgan fingerprint density at radius 2 is 1.79 bits per heavy atom. The topological polar surface area (TPSA) is 125 Å². The molecule has 1 spiro atoms. The number of amides is 3. The van der Waals surface area contributed by atoms with E-state index in [1.54, 1.807) is 22.0 Å². The van der Waals surface area contributed by atoms with Crippen molar-refractivity contribution in [2.45, 2.75) is 82.3 Å². The summed E-state index contributed by atoms with van der Waals surface area (Å²) in [5, 5.41) is 12.0. The number of fused-ring (bicyclic) bond motifs is 2. The van der Waals surface area contributed by atoms with E-state index in [2.05, 4.69) is 5.32 Å². The minimum Gasteiger partial charge on any atom is -0.455 e. The van der Waals surface area contributed by atoms with E-state index in [-0.39, 0.29) is 43.3 Å². The van der Waals surface area contributed by atoms with Crippen molar-refractivity contribution in [3.8, 4) is 0 Å². The van der Waals surface area contributed by atoms with Crippen LogP contribution in [0.2, 0.25) is 0 Å². The van der Waals surface area contributed by atoms with Crippen LogP contribution in [0.3, 0.4) is 0 Å². The van der Waals surface area contributed by atoms with Gasteiger partial charge in [-0.2, -0.15) is 0 Å². The lowest BCUT2D eigenvalue weighted by molar-refractivity contribution is -0.160. The maximum Gasteiger partial charge on any atom is 0.313 e. The van der Waals surface area contributed by atoms with Crippen LogP contribution in [0.1, 0.15) is 64.0 Å². The largest absolute Gasteiger partial charge is 0.455 e. The van der Waals surface area contributed by atoms with Gasteiger partial charge in [0.25, 0.3) is 0 Å². The molecule has 4 aliphatic rings. The molecule has 232 valence electrons. The summed E-state index contributed by atoms with van der Waals surface area (Å²) in [4.78, 5) is 58.6. The standard InChI is InChI=1S/C33H43N3O7/c1-22(2)35-19-12-17-33-28(30(39)36(29(33)31(35)40)18-10-3-4-11-20-37)27-24(43-33)15-8-9-16-26(38)34-21-25(42-32(27)41)23-13-6-5-7-14-23/h5-8,12-15,17,22,24-25,27-29,37H,3-4,9-11,16,18-21H2,1-2H3,(H,34,38)/b15-8-/t24-,25+,27+,28+,29-,33+/m0/s1. The van der Waals surface area contributed by atoms with E-state index in [1.165, 1.54) is 0 Å². The van der Waals surface area contributed by atoms with Gasteiger partial charge in [-0.1, -0.05) is 67.5 Å². The van der Waals surface area contributed by atoms with Gasteiger partial charge < -0.3 is 29.7 Å². The highest BCUT2D eigenvalue weighted by atomic mass is 16.6. The zero-order valence-corrected chi connectivity index (χ0v) is 25.0. The molecule has 0 unspecified atom stereocenters. The summed E-state index contributed by atoms with van der Waals surface area (Å²) in [5.41, 5.74) is -0.607. The summed E-state index contributed by atoms with van der Waals surface area (Å²) in [6.07, 6.45) is 9.36. The predicted octanol–water partition coefficient (Wildman–Crippen LogP) is 2.68. The Morgan fingerprint density at radius 1 is 1.02 bits per heavy atom. The molecule has 4 heterocycles. The molecular formula is C33H43N3O7. The van der Waals surface area contributed by atoms with Crippen LogP contribution < -0.4 is 5.32 Å². The highest BCUT2D eigenvalue weighted by molar-refractivity contribution is 5.99. The number of aliphatic hydroxyl groups excluding tert-OH is 1. The number of carbonyl (C=O) groups excluding carboxylic acids is 4. The molecule has 1 aromatic rings. The molecule has 0 radical (unpaired) electrons. The van der Waals surface area contributed by atoms with Crippen LogP contribution in [-0.4, -0.2) is 88.6 Å². The average molecular weight is 594 g/mol. The van der Waals surface area contributed by atoms with Crippen molar-refractivity contribution >= 4 is 23.7 Å². The summed E-state index contributed by atoms with van der Waals surface area (Å²) >= 11 is 0. The quantitative estimate of drug-likeness (QED) is 0.270. The second-order valence-electron chi connectivity index (χ2n) is 12.1. The molecule has 1 aromatic carbocycles. The van der Waals surface area contributed by atoms with Gasteiger partial charge in [-0.3, -0.25) is 19.2 Å². The number of likely N-dealkylation sites (tertiary alicyclic amines) is 1. The molecule has 2 fully saturated rings. The van der Waals surface area contributed by atoms with Crippen LogP contribution in [-0.2, 0) is 28.7 Å². The Hall–Kier alpha value is -3.50. The van der Waals surface area contributed by atoms with Crippen LogP contribution in [0.4, 0.5) is 0 Å². The third kappa shape index (κ3) is 6.13. The number of benzene rings is 1. The molecule has 0 aliphatic carbocycles. The summed E-state index contributed by atoms with van der Waals surface area (Å²) in [5.74, 6) is -3.16. The van der Waals surface area contributed by atoms with Crippen molar-refractivity contribution in [1.29, 1.82) is 0 Å². The van der Waals surface area contributed by atoms with Gasteiger partial charge in [-0.05, 0) is 38.7 Å².